The maximum atomic E-state index is 12.6. The predicted octanol–water partition coefficient (Wildman–Crippen LogP) is 2.97. The molecule has 0 spiro atoms. The molecule has 0 saturated heterocycles. The van der Waals surface area contributed by atoms with Crippen LogP contribution < -0.4 is 10.6 Å². The van der Waals surface area contributed by atoms with Gasteiger partial charge in [-0.1, -0.05) is 30.3 Å². The van der Waals surface area contributed by atoms with Crippen molar-refractivity contribution in [3.8, 4) is 0 Å². The Morgan fingerprint density at radius 1 is 0.923 bits per heavy atom. The van der Waals surface area contributed by atoms with Crippen LogP contribution in [0, 0.1) is 5.41 Å². The van der Waals surface area contributed by atoms with Crippen LogP contribution in [0.1, 0.15) is 35.7 Å². The smallest absolute Gasteiger partial charge is 0.240 e. The first-order valence-corrected chi connectivity index (χ1v) is 8.76. The number of nitrogens with one attached hydrogen (secondary N) is 2. The number of amides is 2. The highest BCUT2D eigenvalue weighted by Gasteiger charge is 2.56. The van der Waals surface area contributed by atoms with E-state index in [0.29, 0.717) is 30.6 Å². The summed E-state index contributed by atoms with van der Waals surface area (Å²) < 4.78 is 0. The molecule has 1 fully saturated rings. The molecule has 3 rings (SSSR count). The summed E-state index contributed by atoms with van der Waals surface area (Å²) in [7, 11) is 0. The van der Waals surface area contributed by atoms with Crippen molar-refractivity contribution in [3.05, 3.63) is 65.7 Å². The highest BCUT2D eigenvalue weighted by Crippen LogP contribution is 2.46. The number of carbonyl (C=O) groups is 3. The third-order valence-corrected chi connectivity index (χ3v) is 4.71. The van der Waals surface area contributed by atoms with Crippen LogP contribution in [0.2, 0.25) is 0 Å². The molecule has 0 aliphatic heterocycles. The van der Waals surface area contributed by atoms with Crippen molar-refractivity contribution >= 4 is 23.3 Å². The van der Waals surface area contributed by atoms with Crippen molar-refractivity contribution in [3.63, 3.8) is 0 Å². The average Bonchev–Trinajstić information content (AvgIpc) is 3.45. The molecule has 2 aromatic rings. The Kier molecular flexibility index (Phi) is 5.16. The summed E-state index contributed by atoms with van der Waals surface area (Å²) in [4.78, 5) is 36.3. The number of benzene rings is 2. The second-order valence-electron chi connectivity index (χ2n) is 6.66. The first kappa shape index (κ1) is 17.9. The number of hydrogen-bond acceptors (Lipinski definition) is 3. The summed E-state index contributed by atoms with van der Waals surface area (Å²) in [5, 5.41) is 5.67. The molecule has 134 valence electrons. The van der Waals surface area contributed by atoms with Crippen molar-refractivity contribution < 1.29 is 14.4 Å². The van der Waals surface area contributed by atoms with Crippen LogP contribution in [-0.4, -0.2) is 24.1 Å². The molecule has 0 bridgehead atoms. The van der Waals surface area contributed by atoms with E-state index in [1.54, 1.807) is 24.3 Å². The van der Waals surface area contributed by atoms with Crippen LogP contribution >= 0.6 is 0 Å². The second-order valence-corrected chi connectivity index (χ2v) is 6.66. The van der Waals surface area contributed by atoms with E-state index in [4.69, 9.17) is 0 Å². The fraction of sp³-hybridized carbons (Fsp3) is 0.286. The number of rotatable bonds is 7. The Morgan fingerprint density at radius 3 is 2.15 bits per heavy atom. The molecule has 0 aromatic heterocycles. The molecule has 5 nitrogen and oxygen atoms in total. The van der Waals surface area contributed by atoms with Gasteiger partial charge in [0.25, 0.3) is 0 Å². The SMILES string of the molecule is CC(=O)c1ccc(NC(=O)C2(C(=O)NCCc3ccccc3)CC2)cc1. The van der Waals surface area contributed by atoms with E-state index < -0.39 is 5.41 Å². The van der Waals surface area contributed by atoms with Crippen LogP contribution in [0.3, 0.4) is 0 Å². The molecule has 5 heteroatoms. The quantitative estimate of drug-likeness (QED) is 0.595. The molecule has 0 unspecified atom stereocenters. The molecular formula is C21H22N2O3. The lowest BCUT2D eigenvalue weighted by molar-refractivity contribution is -0.134. The van der Waals surface area contributed by atoms with Gasteiger partial charge in [0.2, 0.25) is 11.8 Å². The number of carbonyl (C=O) groups excluding carboxylic acids is 3. The van der Waals surface area contributed by atoms with E-state index in [-0.39, 0.29) is 17.6 Å². The minimum Gasteiger partial charge on any atom is -0.355 e. The van der Waals surface area contributed by atoms with E-state index in [0.717, 1.165) is 12.0 Å². The summed E-state index contributed by atoms with van der Waals surface area (Å²) in [6, 6.07) is 16.6. The van der Waals surface area contributed by atoms with E-state index in [1.807, 2.05) is 30.3 Å². The molecule has 2 aromatic carbocycles. The van der Waals surface area contributed by atoms with Gasteiger partial charge in [-0.15, -0.1) is 0 Å². The van der Waals surface area contributed by atoms with Crippen LogP contribution in [0.4, 0.5) is 5.69 Å². The zero-order valence-corrected chi connectivity index (χ0v) is 14.7. The van der Waals surface area contributed by atoms with Gasteiger partial charge in [0.05, 0.1) is 0 Å². The summed E-state index contributed by atoms with van der Waals surface area (Å²) in [6.45, 7) is 2.00. The minimum absolute atomic E-state index is 0.0284. The maximum absolute atomic E-state index is 12.6. The zero-order valence-electron chi connectivity index (χ0n) is 14.7. The highest BCUT2D eigenvalue weighted by molar-refractivity contribution is 6.13. The van der Waals surface area contributed by atoms with Crippen molar-refractivity contribution in [2.45, 2.75) is 26.2 Å². The lowest BCUT2D eigenvalue weighted by Gasteiger charge is -2.15. The predicted molar refractivity (Wildman–Crippen MR) is 99.9 cm³/mol. The molecule has 1 aliphatic carbocycles. The van der Waals surface area contributed by atoms with E-state index in [1.165, 1.54) is 6.92 Å². The van der Waals surface area contributed by atoms with Gasteiger partial charge in [0, 0.05) is 17.8 Å². The summed E-state index contributed by atoms with van der Waals surface area (Å²) in [6.07, 6.45) is 1.85. The van der Waals surface area contributed by atoms with E-state index in [9.17, 15) is 14.4 Å². The number of Topliss-reactive ketones (excluding diaryl/α,β-unsaturated/α-hetero) is 1. The lowest BCUT2D eigenvalue weighted by Crippen LogP contribution is -2.40. The summed E-state index contributed by atoms with van der Waals surface area (Å²) >= 11 is 0. The van der Waals surface area contributed by atoms with Crippen molar-refractivity contribution in [2.75, 3.05) is 11.9 Å². The molecule has 2 amide bonds. The van der Waals surface area contributed by atoms with Gasteiger partial charge in [-0.05, 0) is 56.0 Å². The van der Waals surface area contributed by atoms with Gasteiger partial charge >= 0.3 is 0 Å². The molecular weight excluding hydrogens is 328 g/mol. The van der Waals surface area contributed by atoms with Gasteiger partial charge in [0.1, 0.15) is 5.41 Å². The molecule has 0 atom stereocenters. The molecule has 0 heterocycles. The maximum Gasteiger partial charge on any atom is 0.240 e. The van der Waals surface area contributed by atoms with Crippen molar-refractivity contribution in [1.29, 1.82) is 0 Å². The largest absolute Gasteiger partial charge is 0.355 e. The Hall–Kier alpha value is -2.95. The van der Waals surface area contributed by atoms with Gasteiger partial charge in [-0.2, -0.15) is 0 Å². The Labute approximate surface area is 152 Å². The van der Waals surface area contributed by atoms with Crippen LogP contribution in [0.25, 0.3) is 0 Å². The van der Waals surface area contributed by atoms with E-state index in [2.05, 4.69) is 10.6 Å². The molecule has 1 aliphatic rings. The van der Waals surface area contributed by atoms with Gasteiger partial charge < -0.3 is 10.6 Å². The molecule has 26 heavy (non-hydrogen) atoms. The Morgan fingerprint density at radius 2 is 1.58 bits per heavy atom. The first-order chi connectivity index (χ1) is 12.5. The van der Waals surface area contributed by atoms with Crippen LogP contribution in [-0.2, 0) is 16.0 Å². The third kappa shape index (κ3) is 3.99. The minimum atomic E-state index is -0.962. The van der Waals surface area contributed by atoms with Gasteiger partial charge in [0.15, 0.2) is 5.78 Å². The molecule has 2 N–H and O–H groups in total. The summed E-state index contributed by atoms with van der Waals surface area (Å²) in [5.74, 6) is -0.532. The lowest BCUT2D eigenvalue weighted by atomic mass is 10.0. The molecule has 1 saturated carbocycles. The number of ketones is 1. The van der Waals surface area contributed by atoms with Gasteiger partial charge in [-0.3, -0.25) is 14.4 Å². The van der Waals surface area contributed by atoms with Gasteiger partial charge in [-0.25, -0.2) is 0 Å². The highest BCUT2D eigenvalue weighted by atomic mass is 16.2. The monoisotopic (exact) mass is 350 g/mol. The second kappa shape index (κ2) is 7.52. The molecule has 0 radical (unpaired) electrons. The number of anilines is 1. The fourth-order valence-corrected chi connectivity index (χ4v) is 2.86. The average molecular weight is 350 g/mol. The topological polar surface area (TPSA) is 75.3 Å². The van der Waals surface area contributed by atoms with Crippen LogP contribution in [0.5, 0.6) is 0 Å². The summed E-state index contributed by atoms with van der Waals surface area (Å²) in [5.41, 5.74) is 1.36. The van der Waals surface area contributed by atoms with E-state index >= 15 is 0 Å². The standard InChI is InChI=1S/C21H22N2O3/c1-15(24)17-7-9-18(10-8-17)23-20(26)21(12-13-21)19(25)22-14-11-16-5-3-2-4-6-16/h2-10H,11-14H2,1H3,(H,22,25)(H,23,26). The number of hydrogen-bond donors (Lipinski definition) is 2. The zero-order chi connectivity index (χ0) is 18.6. The third-order valence-electron chi connectivity index (χ3n) is 4.71. The van der Waals surface area contributed by atoms with Crippen LogP contribution in [0.15, 0.2) is 54.6 Å². The fourth-order valence-electron chi connectivity index (χ4n) is 2.86. The normalized spacial score (nSPS) is 14.3. The Bertz CT molecular complexity index is 809. The van der Waals surface area contributed by atoms with Crippen molar-refractivity contribution in [1.82, 2.24) is 5.32 Å². The first-order valence-electron chi connectivity index (χ1n) is 8.76. The Balaban J connectivity index is 1.54. The van der Waals surface area contributed by atoms with Crippen molar-refractivity contribution in [2.24, 2.45) is 5.41 Å².